The van der Waals surface area contributed by atoms with Gasteiger partial charge in [0, 0.05) is 5.97 Å². The van der Waals surface area contributed by atoms with Gasteiger partial charge in [0.2, 0.25) is 0 Å². The van der Waals surface area contributed by atoms with E-state index in [-0.39, 0.29) is 46.4 Å². The Labute approximate surface area is 94.3 Å². The Bertz CT molecular complexity index is 112. The minimum absolute atomic E-state index is 0. The maximum atomic E-state index is 10.2. The van der Waals surface area contributed by atoms with E-state index in [1.54, 1.807) is 0 Å². The molecule has 4 nitrogen and oxygen atoms in total. The van der Waals surface area contributed by atoms with Crippen molar-refractivity contribution in [2.45, 2.75) is 32.1 Å². The molecule has 1 aliphatic rings. The van der Waals surface area contributed by atoms with Crippen molar-refractivity contribution < 1.29 is 50.4 Å². The predicted molar refractivity (Wildman–Crippen MR) is 38.8 cm³/mol. The minimum atomic E-state index is -0.852. The summed E-state index contributed by atoms with van der Waals surface area (Å²) >= 11 is 0. The molecule has 1 saturated carbocycles. The number of carbonyl (C=O) groups excluding carboxylic acids is 1. The number of carboxylic acids is 1. The Hall–Kier alpha value is 0.390. The van der Waals surface area contributed by atoms with Crippen LogP contribution in [-0.4, -0.2) is 16.9 Å². The van der Waals surface area contributed by atoms with Crippen LogP contribution in [0.2, 0.25) is 0 Å². The fourth-order valence-electron chi connectivity index (χ4n) is 1.34. The zero-order valence-corrected chi connectivity index (χ0v) is 9.43. The van der Waals surface area contributed by atoms with Gasteiger partial charge in [-0.05, 0) is 18.8 Å². The molecule has 0 bridgehead atoms. The number of hydrogen-bond donors (Lipinski definition) is 0. The Balaban J connectivity index is -0.000000270. The molecule has 0 aromatic rings. The second kappa shape index (κ2) is 9.48. The molecule has 5 heteroatoms. The van der Waals surface area contributed by atoms with Crippen molar-refractivity contribution in [3.05, 3.63) is 0 Å². The van der Waals surface area contributed by atoms with Crippen LogP contribution in [0, 0.1) is 5.92 Å². The molecule has 0 aliphatic heterocycles. The SMILES string of the molecule is O.O.O=C([O-])C1CCCCC1.[Na+]. The quantitative estimate of drug-likeness (QED) is 0.386. The Kier molecular flexibility index (Phi) is 14.4. The van der Waals surface area contributed by atoms with Crippen LogP contribution in [0.5, 0.6) is 0 Å². The van der Waals surface area contributed by atoms with Gasteiger partial charge in [-0.1, -0.05) is 19.3 Å². The van der Waals surface area contributed by atoms with Crippen LogP contribution in [0.15, 0.2) is 0 Å². The molecular formula is C7H15NaO4. The van der Waals surface area contributed by atoms with Gasteiger partial charge in [-0.25, -0.2) is 0 Å². The fourth-order valence-corrected chi connectivity index (χ4v) is 1.34. The molecule has 0 radical (unpaired) electrons. The van der Waals surface area contributed by atoms with E-state index in [1.165, 1.54) is 6.42 Å². The van der Waals surface area contributed by atoms with Gasteiger partial charge in [0.25, 0.3) is 0 Å². The van der Waals surface area contributed by atoms with E-state index in [0.29, 0.717) is 0 Å². The molecule has 0 unspecified atom stereocenters. The monoisotopic (exact) mass is 186 g/mol. The van der Waals surface area contributed by atoms with Crippen LogP contribution in [0.1, 0.15) is 32.1 Å². The van der Waals surface area contributed by atoms with Gasteiger partial charge in [0.05, 0.1) is 0 Å². The summed E-state index contributed by atoms with van der Waals surface area (Å²) in [6, 6.07) is 0. The molecule has 1 rings (SSSR count). The fraction of sp³-hybridized carbons (Fsp3) is 0.857. The third-order valence-electron chi connectivity index (χ3n) is 1.94. The third kappa shape index (κ3) is 5.97. The van der Waals surface area contributed by atoms with Crippen LogP contribution in [0.3, 0.4) is 0 Å². The topological polar surface area (TPSA) is 103 Å². The summed E-state index contributed by atoms with van der Waals surface area (Å²) in [5.74, 6) is -0.992. The molecule has 0 heterocycles. The average molecular weight is 186 g/mol. The summed E-state index contributed by atoms with van der Waals surface area (Å²) in [6.45, 7) is 0. The third-order valence-corrected chi connectivity index (χ3v) is 1.94. The van der Waals surface area contributed by atoms with E-state index < -0.39 is 5.97 Å². The zero-order valence-electron chi connectivity index (χ0n) is 7.43. The predicted octanol–water partition coefficient (Wildman–Crippen LogP) is -4.33. The minimum Gasteiger partial charge on any atom is -0.550 e. The van der Waals surface area contributed by atoms with Gasteiger partial charge >= 0.3 is 29.6 Å². The Morgan fingerprint density at radius 2 is 1.50 bits per heavy atom. The van der Waals surface area contributed by atoms with Crippen molar-refractivity contribution in [2.24, 2.45) is 5.92 Å². The van der Waals surface area contributed by atoms with E-state index in [4.69, 9.17) is 0 Å². The standard InChI is InChI=1S/C7H12O2.Na.2H2O/c8-7(9)6-4-2-1-3-5-6;;;/h6H,1-5H2,(H,8,9);;2*1H2/q;+1;;/p-1. The van der Waals surface area contributed by atoms with Crippen LogP contribution in [0.4, 0.5) is 0 Å². The second-order valence-corrected chi connectivity index (χ2v) is 2.65. The molecule has 0 aromatic carbocycles. The number of hydrogen-bond acceptors (Lipinski definition) is 2. The summed E-state index contributed by atoms with van der Waals surface area (Å²) in [7, 11) is 0. The molecule has 68 valence electrons. The Morgan fingerprint density at radius 1 is 1.08 bits per heavy atom. The van der Waals surface area contributed by atoms with Gasteiger partial charge < -0.3 is 20.9 Å². The number of carbonyl (C=O) groups is 1. The summed E-state index contributed by atoms with van der Waals surface area (Å²) in [5, 5.41) is 10.2. The van der Waals surface area contributed by atoms with Crippen molar-refractivity contribution in [1.29, 1.82) is 0 Å². The molecule has 0 atom stereocenters. The van der Waals surface area contributed by atoms with Crippen molar-refractivity contribution in [3.63, 3.8) is 0 Å². The van der Waals surface area contributed by atoms with E-state index in [1.807, 2.05) is 0 Å². The molecule has 1 fully saturated rings. The summed E-state index contributed by atoms with van der Waals surface area (Å²) in [4.78, 5) is 10.2. The molecule has 0 amide bonds. The molecule has 1 aliphatic carbocycles. The van der Waals surface area contributed by atoms with E-state index in [9.17, 15) is 9.90 Å². The second-order valence-electron chi connectivity index (χ2n) is 2.65. The van der Waals surface area contributed by atoms with Crippen LogP contribution >= 0.6 is 0 Å². The molecule has 4 N–H and O–H groups in total. The van der Waals surface area contributed by atoms with Gasteiger partial charge in [-0.2, -0.15) is 0 Å². The summed E-state index contributed by atoms with van der Waals surface area (Å²) in [6.07, 6.45) is 5.01. The van der Waals surface area contributed by atoms with Gasteiger partial charge in [0.15, 0.2) is 0 Å². The van der Waals surface area contributed by atoms with Crippen molar-refractivity contribution in [1.82, 2.24) is 0 Å². The van der Waals surface area contributed by atoms with E-state index in [2.05, 4.69) is 0 Å². The van der Waals surface area contributed by atoms with Crippen LogP contribution < -0.4 is 34.7 Å². The molecule has 0 aromatic heterocycles. The molecule has 0 saturated heterocycles. The smallest absolute Gasteiger partial charge is 0.550 e. The normalized spacial score (nSPS) is 16.3. The molecule has 0 spiro atoms. The van der Waals surface area contributed by atoms with E-state index >= 15 is 0 Å². The van der Waals surface area contributed by atoms with Gasteiger partial charge in [-0.3, -0.25) is 0 Å². The average Bonchev–Trinajstić information content (AvgIpc) is 1.90. The van der Waals surface area contributed by atoms with Crippen molar-refractivity contribution in [3.8, 4) is 0 Å². The van der Waals surface area contributed by atoms with Gasteiger partial charge in [0.1, 0.15) is 0 Å². The summed E-state index contributed by atoms with van der Waals surface area (Å²) in [5.41, 5.74) is 0. The van der Waals surface area contributed by atoms with Gasteiger partial charge in [-0.15, -0.1) is 0 Å². The van der Waals surface area contributed by atoms with E-state index in [0.717, 1.165) is 25.7 Å². The first-order chi connectivity index (χ1) is 4.30. The number of aliphatic carboxylic acids is 1. The first-order valence-corrected chi connectivity index (χ1v) is 3.51. The summed E-state index contributed by atoms with van der Waals surface area (Å²) < 4.78 is 0. The first-order valence-electron chi connectivity index (χ1n) is 3.51. The maximum absolute atomic E-state index is 10.2. The molecular weight excluding hydrogens is 171 g/mol. The number of rotatable bonds is 1. The van der Waals surface area contributed by atoms with Crippen molar-refractivity contribution in [2.75, 3.05) is 0 Å². The van der Waals surface area contributed by atoms with Crippen LogP contribution in [-0.2, 0) is 4.79 Å². The first kappa shape index (κ1) is 18.2. The van der Waals surface area contributed by atoms with Crippen molar-refractivity contribution >= 4 is 5.97 Å². The Morgan fingerprint density at radius 3 is 1.75 bits per heavy atom. The molecule has 12 heavy (non-hydrogen) atoms. The maximum Gasteiger partial charge on any atom is 1.00 e. The largest absolute Gasteiger partial charge is 1.00 e. The van der Waals surface area contributed by atoms with Crippen LogP contribution in [0.25, 0.3) is 0 Å². The zero-order chi connectivity index (χ0) is 6.69. The number of carboxylic acid groups (broad SMARTS) is 1.